The highest BCUT2D eigenvalue weighted by Gasteiger charge is 2.28. The summed E-state index contributed by atoms with van der Waals surface area (Å²) >= 11 is 0. The van der Waals surface area contributed by atoms with Crippen LogP contribution in [0.1, 0.15) is 23.2 Å². The zero-order valence-corrected chi connectivity index (χ0v) is 13.4. The highest BCUT2D eigenvalue weighted by molar-refractivity contribution is 5.94. The summed E-state index contributed by atoms with van der Waals surface area (Å²) in [5.41, 5.74) is 5.18. The number of hydrogen-bond acceptors (Lipinski definition) is 3. The van der Waals surface area contributed by atoms with E-state index in [2.05, 4.69) is 5.32 Å². The number of rotatable bonds is 4. The standard InChI is InChI=1S/C15H19F2N3O2.ClH/c16-11-1-2-12(13(17)9-11)15(22)20-7-3-10(4-8-20)14(21)19-6-5-18;/h1-2,9-10H,3-8,18H2,(H,19,21);1H. The molecule has 1 fully saturated rings. The second-order valence-electron chi connectivity index (χ2n) is 5.27. The van der Waals surface area contributed by atoms with Crippen molar-refractivity contribution in [1.29, 1.82) is 0 Å². The van der Waals surface area contributed by atoms with E-state index in [9.17, 15) is 18.4 Å². The van der Waals surface area contributed by atoms with E-state index in [1.807, 2.05) is 0 Å². The molecule has 1 aromatic rings. The summed E-state index contributed by atoms with van der Waals surface area (Å²) in [6, 6.07) is 2.90. The molecule has 1 heterocycles. The number of hydrogen-bond donors (Lipinski definition) is 2. The lowest BCUT2D eigenvalue weighted by atomic mass is 9.95. The smallest absolute Gasteiger partial charge is 0.256 e. The summed E-state index contributed by atoms with van der Waals surface area (Å²) in [6.45, 7) is 1.55. The highest BCUT2D eigenvalue weighted by atomic mass is 35.5. The molecule has 1 aliphatic rings. The van der Waals surface area contributed by atoms with E-state index >= 15 is 0 Å². The summed E-state index contributed by atoms with van der Waals surface area (Å²) < 4.78 is 26.5. The Kier molecular flexibility index (Phi) is 7.38. The Morgan fingerprint density at radius 2 is 1.91 bits per heavy atom. The summed E-state index contributed by atoms with van der Waals surface area (Å²) in [5.74, 6) is -2.28. The number of carbonyl (C=O) groups excluding carboxylic acids is 2. The van der Waals surface area contributed by atoms with Crippen molar-refractivity contribution < 1.29 is 18.4 Å². The maximum Gasteiger partial charge on any atom is 0.256 e. The van der Waals surface area contributed by atoms with Gasteiger partial charge in [-0.2, -0.15) is 0 Å². The van der Waals surface area contributed by atoms with Gasteiger partial charge in [-0.05, 0) is 25.0 Å². The Labute approximate surface area is 139 Å². The first-order valence-corrected chi connectivity index (χ1v) is 7.25. The van der Waals surface area contributed by atoms with Crippen LogP contribution in [0, 0.1) is 17.6 Å². The third-order valence-electron chi connectivity index (χ3n) is 3.76. The Morgan fingerprint density at radius 1 is 1.26 bits per heavy atom. The Balaban J connectivity index is 0.00000264. The maximum atomic E-state index is 13.6. The molecular weight excluding hydrogens is 328 g/mol. The largest absolute Gasteiger partial charge is 0.355 e. The molecule has 2 amide bonds. The fraction of sp³-hybridized carbons (Fsp3) is 0.467. The number of nitrogens with two attached hydrogens (primary N) is 1. The van der Waals surface area contributed by atoms with E-state index < -0.39 is 17.5 Å². The fourth-order valence-electron chi connectivity index (χ4n) is 2.52. The second-order valence-corrected chi connectivity index (χ2v) is 5.27. The van der Waals surface area contributed by atoms with Gasteiger partial charge in [0.15, 0.2) is 0 Å². The molecule has 8 heteroatoms. The first-order valence-electron chi connectivity index (χ1n) is 7.25. The van der Waals surface area contributed by atoms with Gasteiger partial charge >= 0.3 is 0 Å². The Morgan fingerprint density at radius 3 is 2.48 bits per heavy atom. The van der Waals surface area contributed by atoms with Crippen molar-refractivity contribution in [3.05, 3.63) is 35.4 Å². The lowest BCUT2D eigenvalue weighted by molar-refractivity contribution is -0.126. The molecule has 0 spiro atoms. The third kappa shape index (κ3) is 4.87. The van der Waals surface area contributed by atoms with Crippen molar-refractivity contribution in [1.82, 2.24) is 10.2 Å². The van der Waals surface area contributed by atoms with Crippen molar-refractivity contribution in [3.63, 3.8) is 0 Å². The van der Waals surface area contributed by atoms with Crippen molar-refractivity contribution >= 4 is 24.2 Å². The van der Waals surface area contributed by atoms with Crippen LogP contribution < -0.4 is 11.1 Å². The molecule has 0 atom stereocenters. The number of nitrogens with one attached hydrogen (secondary N) is 1. The summed E-state index contributed by atoms with van der Waals surface area (Å²) in [7, 11) is 0. The first kappa shape index (κ1) is 19.3. The van der Waals surface area contributed by atoms with Crippen LogP contribution in [0.2, 0.25) is 0 Å². The van der Waals surface area contributed by atoms with Crippen molar-refractivity contribution in [3.8, 4) is 0 Å². The molecule has 0 radical (unpaired) electrons. The van der Waals surface area contributed by atoms with Crippen LogP contribution in [-0.2, 0) is 4.79 Å². The first-order chi connectivity index (χ1) is 10.5. The summed E-state index contributed by atoms with van der Waals surface area (Å²) in [5, 5.41) is 2.72. The van der Waals surface area contributed by atoms with E-state index in [0.29, 0.717) is 45.1 Å². The molecule has 128 valence electrons. The summed E-state index contributed by atoms with van der Waals surface area (Å²) in [6.07, 6.45) is 1.04. The number of piperidine rings is 1. The normalized spacial score (nSPS) is 15.0. The van der Waals surface area contributed by atoms with E-state index in [1.165, 1.54) is 4.90 Å². The summed E-state index contributed by atoms with van der Waals surface area (Å²) in [4.78, 5) is 25.5. The van der Waals surface area contributed by atoms with Gasteiger partial charge in [0.1, 0.15) is 11.6 Å². The van der Waals surface area contributed by atoms with Crippen LogP contribution in [0.25, 0.3) is 0 Å². The molecule has 0 aliphatic carbocycles. The monoisotopic (exact) mass is 347 g/mol. The van der Waals surface area contributed by atoms with Crippen molar-refractivity contribution in [2.24, 2.45) is 11.7 Å². The quantitative estimate of drug-likeness (QED) is 0.862. The van der Waals surface area contributed by atoms with E-state index in [0.717, 1.165) is 12.1 Å². The number of halogens is 3. The van der Waals surface area contributed by atoms with Gasteiger partial charge in [0.05, 0.1) is 5.56 Å². The maximum absolute atomic E-state index is 13.6. The van der Waals surface area contributed by atoms with Crippen LogP contribution in [0.15, 0.2) is 18.2 Å². The SMILES string of the molecule is Cl.NCCNC(=O)C1CCN(C(=O)c2ccc(F)cc2F)CC1. The third-order valence-corrected chi connectivity index (χ3v) is 3.76. The topological polar surface area (TPSA) is 75.4 Å². The minimum absolute atomic E-state index is 0. The molecule has 5 nitrogen and oxygen atoms in total. The molecule has 0 unspecified atom stereocenters. The molecule has 0 bridgehead atoms. The van der Waals surface area contributed by atoms with Gasteiger partial charge in [-0.3, -0.25) is 9.59 Å². The highest BCUT2D eigenvalue weighted by Crippen LogP contribution is 2.20. The van der Waals surface area contributed by atoms with E-state index in [4.69, 9.17) is 5.73 Å². The van der Waals surface area contributed by atoms with Gasteiger partial charge in [-0.1, -0.05) is 0 Å². The number of likely N-dealkylation sites (tertiary alicyclic amines) is 1. The number of amides is 2. The number of nitrogens with zero attached hydrogens (tertiary/aromatic N) is 1. The number of benzene rings is 1. The molecule has 1 aromatic carbocycles. The van der Waals surface area contributed by atoms with Crippen LogP contribution in [0.5, 0.6) is 0 Å². The molecule has 3 N–H and O–H groups in total. The molecule has 0 aromatic heterocycles. The van der Waals surface area contributed by atoms with Gasteiger partial charge in [0, 0.05) is 38.2 Å². The Hall–Kier alpha value is -1.73. The van der Waals surface area contributed by atoms with Crippen LogP contribution in [-0.4, -0.2) is 42.9 Å². The van der Waals surface area contributed by atoms with Crippen LogP contribution >= 0.6 is 12.4 Å². The lowest BCUT2D eigenvalue weighted by Gasteiger charge is -2.31. The zero-order valence-electron chi connectivity index (χ0n) is 12.6. The minimum atomic E-state index is -0.868. The van der Waals surface area contributed by atoms with Crippen molar-refractivity contribution in [2.45, 2.75) is 12.8 Å². The van der Waals surface area contributed by atoms with Gasteiger partial charge in [-0.25, -0.2) is 8.78 Å². The van der Waals surface area contributed by atoms with Gasteiger partial charge < -0.3 is 16.0 Å². The molecule has 0 saturated carbocycles. The number of carbonyl (C=O) groups is 2. The van der Waals surface area contributed by atoms with Crippen LogP contribution in [0.3, 0.4) is 0 Å². The zero-order chi connectivity index (χ0) is 16.1. The lowest BCUT2D eigenvalue weighted by Crippen LogP contribution is -2.44. The van der Waals surface area contributed by atoms with Gasteiger partial charge in [-0.15, -0.1) is 12.4 Å². The van der Waals surface area contributed by atoms with Crippen LogP contribution in [0.4, 0.5) is 8.78 Å². The molecule has 2 rings (SSSR count). The second kappa shape index (κ2) is 8.79. The minimum Gasteiger partial charge on any atom is -0.355 e. The van der Waals surface area contributed by atoms with Gasteiger partial charge in [0.2, 0.25) is 5.91 Å². The van der Waals surface area contributed by atoms with E-state index in [-0.39, 0.29) is 29.8 Å². The average Bonchev–Trinajstić information content (AvgIpc) is 2.52. The molecule has 1 aliphatic heterocycles. The van der Waals surface area contributed by atoms with Gasteiger partial charge in [0.25, 0.3) is 5.91 Å². The Bertz CT molecular complexity index is 564. The molecular formula is C15H20ClF2N3O2. The average molecular weight is 348 g/mol. The van der Waals surface area contributed by atoms with E-state index in [1.54, 1.807) is 0 Å². The molecule has 1 saturated heterocycles. The van der Waals surface area contributed by atoms with Crippen molar-refractivity contribution in [2.75, 3.05) is 26.2 Å². The fourth-order valence-corrected chi connectivity index (χ4v) is 2.52. The predicted molar refractivity (Wildman–Crippen MR) is 84.3 cm³/mol. The predicted octanol–water partition coefficient (Wildman–Crippen LogP) is 1.31. The molecule has 23 heavy (non-hydrogen) atoms.